The first-order chi connectivity index (χ1) is 6.26. The lowest BCUT2D eigenvalue weighted by atomic mass is 10.2. The SMILES string of the molecule is C#CC(CC)Nc1ccc(N)cn1. The minimum Gasteiger partial charge on any atom is -0.397 e. The smallest absolute Gasteiger partial charge is 0.127 e. The molecule has 0 amide bonds. The van der Waals surface area contributed by atoms with E-state index in [0.29, 0.717) is 5.69 Å². The van der Waals surface area contributed by atoms with Crippen molar-refractivity contribution in [2.75, 3.05) is 11.1 Å². The Bertz CT molecular complexity index is 297. The van der Waals surface area contributed by atoms with Gasteiger partial charge in [0, 0.05) is 0 Å². The fraction of sp³-hybridized carbons (Fsp3) is 0.300. The molecule has 3 N–H and O–H groups in total. The Labute approximate surface area is 78.4 Å². The molecule has 1 atom stereocenters. The predicted octanol–water partition coefficient (Wildman–Crippen LogP) is 1.49. The van der Waals surface area contributed by atoms with Crippen LogP contribution in [0.5, 0.6) is 0 Å². The van der Waals surface area contributed by atoms with Crippen LogP contribution >= 0.6 is 0 Å². The van der Waals surface area contributed by atoms with Gasteiger partial charge in [0.15, 0.2) is 0 Å². The van der Waals surface area contributed by atoms with E-state index in [1.165, 1.54) is 0 Å². The zero-order chi connectivity index (χ0) is 9.68. The number of terminal acetylenes is 1. The summed E-state index contributed by atoms with van der Waals surface area (Å²) in [7, 11) is 0. The quantitative estimate of drug-likeness (QED) is 0.684. The van der Waals surface area contributed by atoms with Gasteiger partial charge in [-0.1, -0.05) is 12.8 Å². The third-order valence-corrected chi connectivity index (χ3v) is 1.72. The van der Waals surface area contributed by atoms with E-state index in [4.69, 9.17) is 12.2 Å². The van der Waals surface area contributed by atoms with Crippen molar-refractivity contribution in [3.05, 3.63) is 18.3 Å². The summed E-state index contributed by atoms with van der Waals surface area (Å²) in [4.78, 5) is 4.08. The molecule has 0 saturated carbocycles. The van der Waals surface area contributed by atoms with Crippen LogP contribution in [0.2, 0.25) is 0 Å². The molecule has 1 heterocycles. The standard InChI is InChI=1S/C10H13N3/c1-3-9(4-2)13-10-6-5-8(11)7-12-10/h1,5-7,9H,4,11H2,2H3,(H,12,13). The second-order valence-electron chi connectivity index (χ2n) is 2.75. The number of nitrogens with one attached hydrogen (secondary N) is 1. The van der Waals surface area contributed by atoms with Crippen LogP contribution < -0.4 is 11.1 Å². The van der Waals surface area contributed by atoms with Crippen molar-refractivity contribution in [3.63, 3.8) is 0 Å². The summed E-state index contributed by atoms with van der Waals surface area (Å²) >= 11 is 0. The van der Waals surface area contributed by atoms with Gasteiger partial charge in [-0.05, 0) is 18.6 Å². The Hall–Kier alpha value is -1.69. The van der Waals surface area contributed by atoms with Gasteiger partial charge < -0.3 is 11.1 Å². The first kappa shape index (κ1) is 9.40. The van der Waals surface area contributed by atoms with E-state index >= 15 is 0 Å². The van der Waals surface area contributed by atoms with Crippen molar-refractivity contribution < 1.29 is 0 Å². The average molecular weight is 175 g/mol. The number of anilines is 2. The Balaban J connectivity index is 2.64. The Morgan fingerprint density at radius 3 is 2.92 bits per heavy atom. The van der Waals surface area contributed by atoms with Gasteiger partial charge in [0.1, 0.15) is 5.82 Å². The van der Waals surface area contributed by atoms with Crippen molar-refractivity contribution >= 4 is 11.5 Å². The van der Waals surface area contributed by atoms with Gasteiger partial charge in [0.2, 0.25) is 0 Å². The van der Waals surface area contributed by atoms with E-state index in [2.05, 4.69) is 16.2 Å². The molecule has 3 heteroatoms. The molecule has 0 fully saturated rings. The average Bonchev–Trinajstić information content (AvgIpc) is 2.17. The molecule has 3 nitrogen and oxygen atoms in total. The van der Waals surface area contributed by atoms with Crippen molar-refractivity contribution in [3.8, 4) is 12.3 Å². The molecule has 0 aliphatic rings. The predicted molar refractivity (Wildman–Crippen MR) is 55.2 cm³/mol. The minimum absolute atomic E-state index is 0.0381. The maximum atomic E-state index is 5.49. The summed E-state index contributed by atoms with van der Waals surface area (Å²) < 4.78 is 0. The largest absolute Gasteiger partial charge is 0.397 e. The lowest BCUT2D eigenvalue weighted by molar-refractivity contribution is 0.851. The van der Waals surface area contributed by atoms with Crippen LogP contribution in [0.1, 0.15) is 13.3 Å². The van der Waals surface area contributed by atoms with Crippen molar-refractivity contribution in [2.45, 2.75) is 19.4 Å². The van der Waals surface area contributed by atoms with Crippen LogP contribution in [0, 0.1) is 12.3 Å². The molecule has 0 bridgehead atoms. The fourth-order valence-corrected chi connectivity index (χ4v) is 0.931. The van der Waals surface area contributed by atoms with Crippen LogP contribution in [0.15, 0.2) is 18.3 Å². The normalized spacial score (nSPS) is 11.7. The Morgan fingerprint density at radius 2 is 2.46 bits per heavy atom. The number of hydrogen-bond acceptors (Lipinski definition) is 3. The van der Waals surface area contributed by atoms with Crippen molar-refractivity contribution in [1.29, 1.82) is 0 Å². The molecular formula is C10H13N3. The van der Waals surface area contributed by atoms with E-state index in [0.717, 1.165) is 12.2 Å². The van der Waals surface area contributed by atoms with Crippen LogP contribution in [-0.4, -0.2) is 11.0 Å². The highest BCUT2D eigenvalue weighted by atomic mass is 15.0. The van der Waals surface area contributed by atoms with Gasteiger partial charge in [-0.25, -0.2) is 4.98 Å². The monoisotopic (exact) mass is 175 g/mol. The second kappa shape index (κ2) is 4.36. The summed E-state index contributed by atoms with van der Waals surface area (Å²) in [5, 5.41) is 3.10. The van der Waals surface area contributed by atoms with Gasteiger partial charge in [0.05, 0.1) is 17.9 Å². The third-order valence-electron chi connectivity index (χ3n) is 1.72. The number of rotatable bonds is 3. The third kappa shape index (κ3) is 2.68. The molecule has 0 radical (unpaired) electrons. The summed E-state index contributed by atoms with van der Waals surface area (Å²) in [6, 6.07) is 3.64. The van der Waals surface area contributed by atoms with E-state index in [1.54, 1.807) is 12.3 Å². The van der Waals surface area contributed by atoms with E-state index in [-0.39, 0.29) is 6.04 Å². The van der Waals surface area contributed by atoms with Crippen LogP contribution in [0.4, 0.5) is 11.5 Å². The number of pyridine rings is 1. The molecule has 1 unspecified atom stereocenters. The molecule has 0 aliphatic heterocycles. The molecule has 68 valence electrons. The highest BCUT2D eigenvalue weighted by Crippen LogP contribution is 2.07. The maximum Gasteiger partial charge on any atom is 0.127 e. The topological polar surface area (TPSA) is 50.9 Å². The second-order valence-corrected chi connectivity index (χ2v) is 2.75. The van der Waals surface area contributed by atoms with Gasteiger partial charge in [-0.2, -0.15) is 0 Å². The van der Waals surface area contributed by atoms with Crippen LogP contribution in [0.3, 0.4) is 0 Å². The molecular weight excluding hydrogens is 162 g/mol. The molecule has 0 saturated heterocycles. The lowest BCUT2D eigenvalue weighted by Crippen LogP contribution is -2.16. The summed E-state index contributed by atoms with van der Waals surface area (Å²) in [6.07, 6.45) is 7.78. The van der Waals surface area contributed by atoms with Crippen LogP contribution in [-0.2, 0) is 0 Å². The Kier molecular flexibility index (Phi) is 3.15. The highest BCUT2D eigenvalue weighted by molar-refractivity contribution is 5.45. The van der Waals surface area contributed by atoms with Crippen molar-refractivity contribution in [2.24, 2.45) is 0 Å². The number of aromatic nitrogens is 1. The van der Waals surface area contributed by atoms with Crippen LogP contribution in [0.25, 0.3) is 0 Å². The number of nitrogens with two attached hydrogens (primary N) is 1. The highest BCUT2D eigenvalue weighted by Gasteiger charge is 2.01. The molecule has 1 aromatic heterocycles. The van der Waals surface area contributed by atoms with Crippen molar-refractivity contribution in [1.82, 2.24) is 4.98 Å². The van der Waals surface area contributed by atoms with E-state index in [1.807, 2.05) is 13.0 Å². The summed E-state index contributed by atoms with van der Waals surface area (Å²) in [5.74, 6) is 3.40. The van der Waals surface area contributed by atoms with E-state index in [9.17, 15) is 0 Å². The first-order valence-electron chi connectivity index (χ1n) is 4.20. The first-order valence-corrected chi connectivity index (χ1v) is 4.20. The molecule has 0 spiro atoms. The van der Waals surface area contributed by atoms with Gasteiger partial charge >= 0.3 is 0 Å². The fourth-order valence-electron chi connectivity index (χ4n) is 0.931. The number of nitrogens with zero attached hydrogens (tertiary/aromatic N) is 1. The Morgan fingerprint density at radius 1 is 1.69 bits per heavy atom. The summed E-state index contributed by atoms with van der Waals surface area (Å²) in [6.45, 7) is 2.02. The molecule has 1 rings (SSSR count). The maximum absolute atomic E-state index is 5.49. The lowest BCUT2D eigenvalue weighted by Gasteiger charge is -2.10. The van der Waals surface area contributed by atoms with Gasteiger partial charge in [0.25, 0.3) is 0 Å². The molecule has 0 aliphatic carbocycles. The summed E-state index contributed by atoms with van der Waals surface area (Å²) in [5.41, 5.74) is 6.14. The molecule has 1 aromatic rings. The van der Waals surface area contributed by atoms with Gasteiger partial charge in [-0.15, -0.1) is 6.42 Å². The number of nitrogen functional groups attached to an aromatic ring is 1. The van der Waals surface area contributed by atoms with E-state index < -0.39 is 0 Å². The van der Waals surface area contributed by atoms with Gasteiger partial charge in [-0.3, -0.25) is 0 Å². The number of hydrogen-bond donors (Lipinski definition) is 2. The molecule has 13 heavy (non-hydrogen) atoms. The molecule has 0 aromatic carbocycles. The zero-order valence-corrected chi connectivity index (χ0v) is 7.62. The minimum atomic E-state index is 0.0381. The zero-order valence-electron chi connectivity index (χ0n) is 7.62.